The summed E-state index contributed by atoms with van der Waals surface area (Å²) in [4.78, 5) is 0. The number of hydrogen-bond acceptors (Lipinski definition) is 5. The maximum absolute atomic E-state index is 9.57. The Kier molecular flexibility index (Phi) is 4.28. The van der Waals surface area contributed by atoms with Crippen LogP contribution >= 0.6 is 0 Å². The lowest BCUT2D eigenvalue weighted by Gasteiger charge is -2.35. The zero-order valence-corrected chi connectivity index (χ0v) is 8.55. The fourth-order valence-corrected chi connectivity index (χ4v) is 1.37. The topological polar surface area (TPSA) is 82.0 Å². The van der Waals surface area contributed by atoms with Crippen LogP contribution in [0.5, 0.6) is 0 Å². The molecule has 1 aliphatic heterocycles. The van der Waals surface area contributed by atoms with E-state index in [-0.39, 0.29) is 12.6 Å². The van der Waals surface area contributed by atoms with Crippen molar-refractivity contribution in [3.05, 3.63) is 0 Å². The molecule has 5 heteroatoms. The van der Waals surface area contributed by atoms with Gasteiger partial charge in [0, 0.05) is 0 Å². The zero-order valence-electron chi connectivity index (χ0n) is 8.55. The van der Waals surface area contributed by atoms with E-state index in [1.807, 2.05) is 13.8 Å². The van der Waals surface area contributed by atoms with E-state index in [0.29, 0.717) is 5.92 Å². The minimum atomic E-state index is -1.28. The van der Waals surface area contributed by atoms with Crippen molar-refractivity contribution in [2.45, 2.75) is 38.4 Å². The van der Waals surface area contributed by atoms with E-state index in [0.717, 1.165) is 6.54 Å². The second-order valence-corrected chi connectivity index (χ2v) is 4.11. The number of nitrogens with one attached hydrogen (secondary N) is 1. The molecule has 0 aliphatic carbocycles. The number of aliphatic hydroxyl groups is 3. The molecule has 0 saturated carbocycles. The van der Waals surface area contributed by atoms with E-state index in [1.54, 1.807) is 0 Å². The first-order valence-electron chi connectivity index (χ1n) is 4.91. The third-order valence-electron chi connectivity index (χ3n) is 2.29. The van der Waals surface area contributed by atoms with Gasteiger partial charge in [-0.15, -0.1) is 0 Å². The van der Waals surface area contributed by atoms with Crippen molar-refractivity contribution in [3.63, 3.8) is 0 Å². The van der Waals surface area contributed by atoms with Crippen LogP contribution in [0.3, 0.4) is 0 Å². The van der Waals surface area contributed by atoms with Crippen LogP contribution in [-0.4, -0.2) is 53.0 Å². The maximum atomic E-state index is 9.57. The molecule has 4 N–H and O–H groups in total. The monoisotopic (exact) mass is 205 g/mol. The molecule has 0 radical (unpaired) electrons. The number of hydrogen-bond donors (Lipinski definition) is 4. The van der Waals surface area contributed by atoms with Crippen molar-refractivity contribution in [2.24, 2.45) is 5.92 Å². The number of rotatable bonds is 3. The molecule has 4 atom stereocenters. The van der Waals surface area contributed by atoms with Gasteiger partial charge in [-0.05, 0) is 12.5 Å². The molecule has 1 saturated heterocycles. The fraction of sp³-hybridized carbons (Fsp3) is 1.00. The van der Waals surface area contributed by atoms with Gasteiger partial charge in [0.1, 0.15) is 12.2 Å². The Balaban J connectivity index is 2.39. The molecule has 0 unspecified atom stereocenters. The molecule has 1 fully saturated rings. The third kappa shape index (κ3) is 2.90. The molecule has 1 rings (SSSR count). The van der Waals surface area contributed by atoms with Crippen LogP contribution < -0.4 is 5.32 Å². The number of ether oxygens (including phenoxy) is 1. The summed E-state index contributed by atoms with van der Waals surface area (Å²) in [5.74, 6) is 0.464. The molecule has 84 valence electrons. The third-order valence-corrected chi connectivity index (χ3v) is 2.29. The van der Waals surface area contributed by atoms with E-state index in [2.05, 4.69) is 5.32 Å². The highest BCUT2D eigenvalue weighted by Gasteiger charge is 2.36. The Labute approximate surface area is 83.7 Å². The average Bonchev–Trinajstić information content (AvgIpc) is 2.13. The van der Waals surface area contributed by atoms with Gasteiger partial charge >= 0.3 is 0 Å². The molecule has 0 spiro atoms. The summed E-state index contributed by atoms with van der Waals surface area (Å²) in [5.41, 5.74) is 0. The van der Waals surface area contributed by atoms with E-state index >= 15 is 0 Å². The molecular formula is C9H19NO4. The van der Waals surface area contributed by atoms with Crippen molar-refractivity contribution >= 4 is 0 Å². The van der Waals surface area contributed by atoms with E-state index in [4.69, 9.17) is 9.84 Å². The SMILES string of the molecule is CC(C)CN[C@@H]1CO[C@H](O)[C@H](O)[C@H]1O. The van der Waals surface area contributed by atoms with E-state index in [1.165, 1.54) is 0 Å². The molecule has 0 amide bonds. The quantitative estimate of drug-likeness (QED) is 0.459. The lowest BCUT2D eigenvalue weighted by molar-refractivity contribution is -0.229. The Morgan fingerprint density at radius 1 is 1.29 bits per heavy atom. The molecule has 1 heterocycles. The molecule has 0 aromatic heterocycles. The predicted octanol–water partition coefficient (Wildman–Crippen LogP) is -1.33. The van der Waals surface area contributed by atoms with Crippen LogP contribution in [0, 0.1) is 5.92 Å². The fourth-order valence-electron chi connectivity index (χ4n) is 1.37. The standard InChI is InChI=1S/C9H19NO4/c1-5(2)3-10-6-4-14-9(13)8(12)7(6)11/h5-13H,3-4H2,1-2H3/t6-,7+,8-,9+/m1/s1. The smallest absolute Gasteiger partial charge is 0.183 e. The van der Waals surface area contributed by atoms with E-state index < -0.39 is 18.5 Å². The Morgan fingerprint density at radius 3 is 2.50 bits per heavy atom. The number of aliphatic hydroxyl groups excluding tert-OH is 3. The average molecular weight is 205 g/mol. The lowest BCUT2D eigenvalue weighted by Crippen LogP contribution is -2.58. The van der Waals surface area contributed by atoms with Gasteiger partial charge in [0.05, 0.1) is 12.6 Å². The van der Waals surface area contributed by atoms with Gasteiger partial charge in [0.2, 0.25) is 0 Å². The van der Waals surface area contributed by atoms with Crippen LogP contribution in [0.15, 0.2) is 0 Å². The van der Waals surface area contributed by atoms with Crippen LogP contribution in [-0.2, 0) is 4.74 Å². The second kappa shape index (κ2) is 5.04. The first kappa shape index (κ1) is 11.9. The minimum Gasteiger partial charge on any atom is -0.388 e. The van der Waals surface area contributed by atoms with Crippen LogP contribution in [0.2, 0.25) is 0 Å². The Bertz CT molecular complexity index is 176. The summed E-state index contributed by atoms with van der Waals surface area (Å²) in [6.45, 7) is 5.06. The van der Waals surface area contributed by atoms with E-state index in [9.17, 15) is 10.2 Å². The van der Waals surface area contributed by atoms with Crippen LogP contribution in [0.1, 0.15) is 13.8 Å². The van der Waals surface area contributed by atoms with Crippen LogP contribution in [0.25, 0.3) is 0 Å². The van der Waals surface area contributed by atoms with Gasteiger partial charge in [-0.1, -0.05) is 13.8 Å². The van der Waals surface area contributed by atoms with Gasteiger partial charge in [-0.3, -0.25) is 0 Å². The highest BCUT2D eigenvalue weighted by atomic mass is 16.6. The minimum absolute atomic E-state index is 0.214. The Morgan fingerprint density at radius 2 is 1.93 bits per heavy atom. The van der Waals surface area contributed by atoms with Gasteiger partial charge in [-0.25, -0.2) is 0 Å². The molecule has 0 bridgehead atoms. The molecule has 14 heavy (non-hydrogen) atoms. The molecular weight excluding hydrogens is 186 g/mol. The van der Waals surface area contributed by atoms with Gasteiger partial charge < -0.3 is 25.4 Å². The second-order valence-electron chi connectivity index (χ2n) is 4.11. The predicted molar refractivity (Wildman–Crippen MR) is 50.6 cm³/mol. The van der Waals surface area contributed by atoms with Crippen molar-refractivity contribution in [1.29, 1.82) is 0 Å². The maximum Gasteiger partial charge on any atom is 0.183 e. The molecule has 1 aliphatic rings. The van der Waals surface area contributed by atoms with Crippen molar-refractivity contribution < 1.29 is 20.1 Å². The molecule has 0 aromatic carbocycles. The van der Waals surface area contributed by atoms with Gasteiger partial charge in [0.15, 0.2) is 6.29 Å². The summed E-state index contributed by atoms with van der Waals surface area (Å²) < 4.78 is 4.89. The summed E-state index contributed by atoms with van der Waals surface area (Å²) in [7, 11) is 0. The highest BCUT2D eigenvalue weighted by Crippen LogP contribution is 2.13. The largest absolute Gasteiger partial charge is 0.388 e. The van der Waals surface area contributed by atoms with Gasteiger partial charge in [0.25, 0.3) is 0 Å². The lowest BCUT2D eigenvalue weighted by atomic mass is 10.0. The normalized spacial score (nSPS) is 39.0. The Hall–Kier alpha value is -0.200. The summed E-state index contributed by atoms with van der Waals surface area (Å²) in [6.07, 6.45) is -3.48. The van der Waals surface area contributed by atoms with Crippen molar-refractivity contribution in [1.82, 2.24) is 5.32 Å². The van der Waals surface area contributed by atoms with Crippen molar-refractivity contribution in [3.8, 4) is 0 Å². The first-order chi connectivity index (χ1) is 6.52. The summed E-state index contributed by atoms with van der Waals surface area (Å²) >= 11 is 0. The first-order valence-corrected chi connectivity index (χ1v) is 4.91. The molecule has 0 aromatic rings. The highest BCUT2D eigenvalue weighted by molar-refractivity contribution is 4.87. The molecule has 5 nitrogen and oxygen atoms in total. The summed E-state index contributed by atoms with van der Waals surface area (Å²) in [6, 6.07) is -0.309. The van der Waals surface area contributed by atoms with Crippen molar-refractivity contribution in [2.75, 3.05) is 13.2 Å². The van der Waals surface area contributed by atoms with Gasteiger partial charge in [-0.2, -0.15) is 0 Å². The van der Waals surface area contributed by atoms with Crippen LogP contribution in [0.4, 0.5) is 0 Å². The summed E-state index contributed by atoms with van der Waals surface area (Å²) in [5, 5.41) is 31.0. The zero-order chi connectivity index (χ0) is 10.7.